The number of halogens is 2. The molecule has 2 aromatic carbocycles. The Balaban J connectivity index is 1.94. The zero-order chi connectivity index (χ0) is 21.4. The Morgan fingerprint density at radius 3 is 2.34 bits per heavy atom. The number of carbonyl (C=O) groups excluding carboxylic acids is 1. The number of nitrogens with one attached hydrogen (secondary N) is 1. The van der Waals surface area contributed by atoms with Crippen LogP contribution in [0.25, 0.3) is 0 Å². The summed E-state index contributed by atoms with van der Waals surface area (Å²) >= 11 is 7.52. The zero-order valence-electron chi connectivity index (χ0n) is 16.3. The summed E-state index contributed by atoms with van der Waals surface area (Å²) in [4.78, 5) is 12.7. The molecular formula is C20H24ClFN2O3S2. The minimum absolute atomic E-state index is 0.257. The number of thioether (sulfide) groups is 1. The number of carbonyl (C=O) groups is 1. The summed E-state index contributed by atoms with van der Waals surface area (Å²) in [7, 11) is -3.73. The van der Waals surface area contributed by atoms with Crippen molar-refractivity contribution in [3.8, 4) is 0 Å². The van der Waals surface area contributed by atoms with E-state index in [9.17, 15) is 17.6 Å². The third-order valence-corrected chi connectivity index (χ3v) is 6.60. The normalized spacial score (nSPS) is 12.4. The summed E-state index contributed by atoms with van der Waals surface area (Å²) < 4.78 is 38.9. The number of amides is 1. The van der Waals surface area contributed by atoms with E-state index in [4.69, 9.17) is 11.6 Å². The van der Waals surface area contributed by atoms with Crippen molar-refractivity contribution in [3.63, 3.8) is 0 Å². The molecule has 0 fully saturated rings. The van der Waals surface area contributed by atoms with Gasteiger partial charge >= 0.3 is 0 Å². The van der Waals surface area contributed by atoms with Gasteiger partial charge in [0, 0.05) is 23.1 Å². The number of sulfonamides is 1. The van der Waals surface area contributed by atoms with Crippen LogP contribution >= 0.6 is 23.4 Å². The topological polar surface area (TPSA) is 66.5 Å². The van der Waals surface area contributed by atoms with Crippen LogP contribution in [0.2, 0.25) is 5.02 Å². The van der Waals surface area contributed by atoms with Crippen molar-refractivity contribution in [1.29, 1.82) is 0 Å². The first-order valence-corrected chi connectivity index (χ1v) is 12.5. The van der Waals surface area contributed by atoms with Gasteiger partial charge in [-0.05, 0) is 48.4 Å². The van der Waals surface area contributed by atoms with Gasteiger partial charge in [0.05, 0.1) is 11.9 Å². The second kappa shape index (κ2) is 10.8. The maximum Gasteiger partial charge on any atom is 0.243 e. The molecule has 0 radical (unpaired) electrons. The van der Waals surface area contributed by atoms with Gasteiger partial charge in [0.15, 0.2) is 0 Å². The molecule has 1 amide bonds. The minimum atomic E-state index is -3.73. The maximum absolute atomic E-state index is 13.2. The Morgan fingerprint density at radius 1 is 1.17 bits per heavy atom. The molecule has 0 heterocycles. The molecule has 1 N–H and O–H groups in total. The lowest BCUT2D eigenvalue weighted by Gasteiger charge is -2.30. The maximum atomic E-state index is 13.2. The summed E-state index contributed by atoms with van der Waals surface area (Å²) in [5, 5.41) is 3.49. The molecule has 2 rings (SSSR count). The van der Waals surface area contributed by atoms with Crippen LogP contribution < -0.4 is 9.62 Å². The van der Waals surface area contributed by atoms with Gasteiger partial charge in [0.25, 0.3) is 0 Å². The number of benzene rings is 2. The fourth-order valence-electron chi connectivity index (χ4n) is 2.78. The van der Waals surface area contributed by atoms with Crippen LogP contribution in [-0.4, -0.2) is 38.9 Å². The van der Waals surface area contributed by atoms with Crippen molar-refractivity contribution >= 4 is 45.0 Å². The Morgan fingerprint density at radius 2 is 1.79 bits per heavy atom. The van der Waals surface area contributed by atoms with E-state index >= 15 is 0 Å². The smallest absolute Gasteiger partial charge is 0.243 e. The van der Waals surface area contributed by atoms with Gasteiger partial charge in [-0.15, -0.1) is 0 Å². The average Bonchev–Trinajstić information content (AvgIpc) is 2.67. The lowest BCUT2D eigenvalue weighted by molar-refractivity contribution is -0.122. The van der Waals surface area contributed by atoms with E-state index in [-0.39, 0.29) is 18.0 Å². The van der Waals surface area contributed by atoms with Gasteiger partial charge in [-0.25, -0.2) is 12.8 Å². The fraction of sp³-hybridized carbons (Fsp3) is 0.350. The number of nitrogens with zero attached hydrogens (tertiary/aromatic N) is 1. The van der Waals surface area contributed by atoms with Crippen LogP contribution in [-0.2, 0) is 20.6 Å². The molecule has 0 aliphatic heterocycles. The minimum Gasteiger partial charge on any atom is -0.353 e. The molecule has 29 heavy (non-hydrogen) atoms. The molecule has 0 aromatic heterocycles. The van der Waals surface area contributed by atoms with Crippen LogP contribution in [0, 0.1) is 5.82 Å². The van der Waals surface area contributed by atoms with Gasteiger partial charge in [-0.1, -0.05) is 30.7 Å². The lowest BCUT2D eigenvalue weighted by atomic mass is 10.2. The highest BCUT2D eigenvalue weighted by Crippen LogP contribution is 2.23. The van der Waals surface area contributed by atoms with Crippen molar-refractivity contribution in [2.75, 3.05) is 22.9 Å². The predicted octanol–water partition coefficient (Wildman–Crippen LogP) is 4.07. The highest BCUT2D eigenvalue weighted by molar-refractivity contribution is 7.98. The standard InChI is InChI=1S/C20H24ClFN2O3S2/c1-3-19(24(29(2,26)27)18-10-8-17(22)9-11-18)20(25)23-12-13-28-14-15-4-6-16(21)7-5-15/h4-11,19H,3,12-14H2,1-2H3,(H,23,25)/t19-/m1/s1. The largest absolute Gasteiger partial charge is 0.353 e. The zero-order valence-corrected chi connectivity index (χ0v) is 18.7. The Kier molecular flexibility index (Phi) is 8.79. The number of hydrogen-bond donors (Lipinski definition) is 1. The highest BCUT2D eigenvalue weighted by Gasteiger charge is 2.31. The second-order valence-electron chi connectivity index (χ2n) is 6.43. The van der Waals surface area contributed by atoms with Gasteiger partial charge in [-0.2, -0.15) is 11.8 Å². The molecule has 0 bridgehead atoms. The van der Waals surface area contributed by atoms with E-state index in [1.54, 1.807) is 18.7 Å². The van der Waals surface area contributed by atoms with Crippen molar-refractivity contribution in [1.82, 2.24) is 5.32 Å². The SMILES string of the molecule is CC[C@H](C(=O)NCCSCc1ccc(Cl)cc1)N(c1ccc(F)cc1)S(C)(=O)=O. The van der Waals surface area contributed by atoms with E-state index in [1.807, 2.05) is 24.3 Å². The molecule has 0 saturated carbocycles. The molecule has 158 valence electrons. The molecule has 0 spiro atoms. The average molecular weight is 459 g/mol. The van der Waals surface area contributed by atoms with Crippen molar-refractivity contribution < 1.29 is 17.6 Å². The highest BCUT2D eigenvalue weighted by atomic mass is 35.5. The van der Waals surface area contributed by atoms with Crippen LogP contribution in [0.15, 0.2) is 48.5 Å². The molecule has 0 saturated heterocycles. The van der Waals surface area contributed by atoms with E-state index in [1.165, 1.54) is 24.3 Å². The monoisotopic (exact) mass is 458 g/mol. The summed E-state index contributed by atoms with van der Waals surface area (Å²) in [6, 6.07) is 11.7. The van der Waals surface area contributed by atoms with E-state index in [2.05, 4.69) is 5.32 Å². The molecule has 1 atom stereocenters. The molecule has 0 unspecified atom stereocenters. The first-order valence-electron chi connectivity index (χ1n) is 9.07. The fourth-order valence-corrected chi connectivity index (χ4v) is 4.94. The van der Waals surface area contributed by atoms with Crippen LogP contribution in [0.1, 0.15) is 18.9 Å². The molecule has 0 aliphatic carbocycles. The predicted molar refractivity (Wildman–Crippen MR) is 118 cm³/mol. The van der Waals surface area contributed by atoms with Crippen molar-refractivity contribution in [2.24, 2.45) is 0 Å². The van der Waals surface area contributed by atoms with E-state index < -0.39 is 21.9 Å². The molecule has 5 nitrogen and oxygen atoms in total. The molecular weight excluding hydrogens is 435 g/mol. The molecule has 2 aromatic rings. The van der Waals surface area contributed by atoms with Gasteiger partial charge < -0.3 is 5.32 Å². The van der Waals surface area contributed by atoms with Gasteiger partial charge in [-0.3, -0.25) is 9.10 Å². The summed E-state index contributed by atoms with van der Waals surface area (Å²) in [6.07, 6.45) is 1.32. The summed E-state index contributed by atoms with van der Waals surface area (Å²) in [5.74, 6) is 0.613. The first kappa shape index (κ1) is 23.5. The molecule has 9 heteroatoms. The van der Waals surface area contributed by atoms with Gasteiger partial charge in [0.1, 0.15) is 11.9 Å². The van der Waals surface area contributed by atoms with E-state index in [0.29, 0.717) is 17.3 Å². The van der Waals surface area contributed by atoms with Crippen LogP contribution in [0.4, 0.5) is 10.1 Å². The van der Waals surface area contributed by atoms with Crippen LogP contribution in [0.5, 0.6) is 0 Å². The lowest BCUT2D eigenvalue weighted by Crippen LogP contribution is -2.49. The quantitative estimate of drug-likeness (QED) is 0.545. The summed E-state index contributed by atoms with van der Waals surface area (Å²) in [5.41, 5.74) is 1.39. The third kappa shape index (κ3) is 7.21. The van der Waals surface area contributed by atoms with Crippen molar-refractivity contribution in [3.05, 3.63) is 64.9 Å². The number of hydrogen-bond acceptors (Lipinski definition) is 4. The Labute approximate surface area is 180 Å². The first-order chi connectivity index (χ1) is 13.7. The number of rotatable bonds is 10. The Bertz CT molecular complexity index is 906. The molecule has 0 aliphatic rings. The third-order valence-electron chi connectivity index (χ3n) is 4.14. The number of anilines is 1. The van der Waals surface area contributed by atoms with E-state index in [0.717, 1.165) is 21.9 Å². The second-order valence-corrected chi connectivity index (χ2v) is 9.83. The van der Waals surface area contributed by atoms with Crippen LogP contribution in [0.3, 0.4) is 0 Å². The summed E-state index contributed by atoms with van der Waals surface area (Å²) in [6.45, 7) is 2.15. The van der Waals surface area contributed by atoms with Crippen molar-refractivity contribution in [2.45, 2.75) is 25.1 Å². The van der Waals surface area contributed by atoms with Gasteiger partial charge in [0.2, 0.25) is 15.9 Å². The Hall–Kier alpha value is -1.77.